The van der Waals surface area contributed by atoms with Crippen LogP contribution in [-0.4, -0.2) is 42.3 Å². The van der Waals surface area contributed by atoms with E-state index < -0.39 is 12.0 Å². The molecule has 0 spiro atoms. The maximum Gasteiger partial charge on any atom is 0.326 e. The third kappa shape index (κ3) is 6.14. The summed E-state index contributed by atoms with van der Waals surface area (Å²) in [4.78, 5) is 23.9. The van der Waals surface area contributed by atoms with Crippen LogP contribution in [0.15, 0.2) is 24.3 Å². The number of ether oxygens (including phenoxy) is 2. The fraction of sp³-hybridized carbons (Fsp3) is 0.579. The number of rotatable bonds is 9. The van der Waals surface area contributed by atoms with E-state index >= 15 is 0 Å². The first kappa shape index (κ1) is 19.4. The minimum atomic E-state index is -1.00. The van der Waals surface area contributed by atoms with Gasteiger partial charge in [0.15, 0.2) is 0 Å². The number of amides is 1. The van der Waals surface area contributed by atoms with Gasteiger partial charge in [0.05, 0.1) is 12.7 Å². The molecule has 1 aromatic carbocycles. The summed E-state index contributed by atoms with van der Waals surface area (Å²) in [5.74, 6) is -1.37. The van der Waals surface area contributed by atoms with E-state index in [1.807, 2.05) is 19.1 Å². The summed E-state index contributed by atoms with van der Waals surface area (Å²) in [6.45, 7) is 3.72. The Bertz CT molecular complexity index is 569. The number of carboxylic acid groups (broad SMARTS) is 1. The van der Waals surface area contributed by atoms with Gasteiger partial charge in [-0.2, -0.15) is 0 Å². The summed E-state index contributed by atoms with van der Waals surface area (Å²) < 4.78 is 11.2. The van der Waals surface area contributed by atoms with Gasteiger partial charge in [0.1, 0.15) is 6.04 Å². The monoisotopic (exact) mass is 349 g/mol. The predicted molar refractivity (Wildman–Crippen MR) is 93.5 cm³/mol. The predicted octanol–water partition coefficient (Wildman–Crippen LogP) is 2.76. The molecule has 2 N–H and O–H groups in total. The molecule has 1 atom stereocenters. The van der Waals surface area contributed by atoms with Gasteiger partial charge in [-0.1, -0.05) is 38.0 Å². The van der Waals surface area contributed by atoms with Gasteiger partial charge in [0.2, 0.25) is 0 Å². The van der Waals surface area contributed by atoms with Gasteiger partial charge >= 0.3 is 5.97 Å². The van der Waals surface area contributed by atoms with Gasteiger partial charge in [-0.15, -0.1) is 0 Å². The molecule has 1 unspecified atom stereocenters. The minimum absolute atomic E-state index is 0.140. The number of hydrogen-bond acceptors (Lipinski definition) is 4. The molecule has 1 saturated heterocycles. The summed E-state index contributed by atoms with van der Waals surface area (Å²) in [6.07, 6.45) is 3.92. The summed E-state index contributed by atoms with van der Waals surface area (Å²) in [5, 5.41) is 11.9. The number of carboxylic acids is 1. The molecule has 1 aliphatic heterocycles. The number of benzene rings is 1. The molecule has 1 fully saturated rings. The third-order valence-corrected chi connectivity index (χ3v) is 4.35. The number of nitrogens with one attached hydrogen (secondary N) is 1. The topological polar surface area (TPSA) is 84.9 Å². The van der Waals surface area contributed by atoms with Crippen LogP contribution in [0.1, 0.15) is 54.9 Å². The van der Waals surface area contributed by atoms with Crippen molar-refractivity contribution in [2.75, 3.05) is 13.2 Å². The zero-order valence-corrected chi connectivity index (χ0v) is 14.7. The highest BCUT2D eigenvalue weighted by molar-refractivity contribution is 5.97. The molecule has 1 heterocycles. The van der Waals surface area contributed by atoms with Crippen molar-refractivity contribution < 1.29 is 24.2 Å². The van der Waals surface area contributed by atoms with E-state index in [4.69, 9.17) is 9.47 Å². The van der Waals surface area contributed by atoms with Crippen LogP contribution in [0.25, 0.3) is 0 Å². The summed E-state index contributed by atoms with van der Waals surface area (Å²) in [6, 6.07) is 6.31. The number of unbranched alkanes of at least 4 members (excludes halogenated alkanes) is 1. The highest BCUT2D eigenvalue weighted by Gasteiger charge is 2.22. The molecule has 1 aromatic rings. The Kier molecular flexibility index (Phi) is 7.88. The van der Waals surface area contributed by atoms with Crippen LogP contribution in [-0.2, 0) is 20.9 Å². The molecule has 6 heteroatoms. The van der Waals surface area contributed by atoms with Crippen LogP contribution < -0.4 is 5.32 Å². The van der Waals surface area contributed by atoms with Crippen molar-refractivity contribution in [2.24, 2.45) is 0 Å². The highest BCUT2D eigenvalue weighted by Crippen LogP contribution is 2.16. The SMILES string of the molecule is CCCCC(NC(=O)c1ccccc1COC1CCOCC1)C(=O)O. The maximum atomic E-state index is 12.5. The van der Waals surface area contributed by atoms with Crippen molar-refractivity contribution in [1.82, 2.24) is 5.32 Å². The Labute approximate surface area is 148 Å². The lowest BCUT2D eigenvalue weighted by molar-refractivity contribution is -0.139. The van der Waals surface area contributed by atoms with E-state index in [1.54, 1.807) is 12.1 Å². The first-order valence-corrected chi connectivity index (χ1v) is 8.92. The second kappa shape index (κ2) is 10.2. The van der Waals surface area contributed by atoms with Gasteiger partial charge < -0.3 is 19.9 Å². The Morgan fingerprint density at radius 2 is 2.04 bits per heavy atom. The number of carbonyl (C=O) groups excluding carboxylic acids is 1. The van der Waals surface area contributed by atoms with E-state index in [9.17, 15) is 14.7 Å². The fourth-order valence-electron chi connectivity index (χ4n) is 2.82. The van der Waals surface area contributed by atoms with Crippen molar-refractivity contribution in [2.45, 2.75) is 57.8 Å². The standard InChI is InChI=1S/C19H27NO5/c1-2-3-8-17(19(22)23)20-18(21)16-7-5-4-6-14(16)13-25-15-9-11-24-12-10-15/h4-7,15,17H,2-3,8-13H2,1H3,(H,20,21)(H,22,23). The van der Waals surface area contributed by atoms with Crippen LogP contribution in [0.5, 0.6) is 0 Å². The van der Waals surface area contributed by atoms with Crippen LogP contribution in [0, 0.1) is 0 Å². The number of carbonyl (C=O) groups is 2. The van der Waals surface area contributed by atoms with Crippen molar-refractivity contribution in [3.8, 4) is 0 Å². The Hall–Kier alpha value is -1.92. The van der Waals surface area contributed by atoms with Crippen molar-refractivity contribution in [3.63, 3.8) is 0 Å². The van der Waals surface area contributed by atoms with E-state index in [1.165, 1.54) is 0 Å². The zero-order chi connectivity index (χ0) is 18.1. The molecule has 0 radical (unpaired) electrons. The molecule has 25 heavy (non-hydrogen) atoms. The summed E-state index contributed by atoms with van der Waals surface area (Å²) >= 11 is 0. The second-order valence-corrected chi connectivity index (χ2v) is 6.29. The first-order valence-electron chi connectivity index (χ1n) is 8.92. The lowest BCUT2D eigenvalue weighted by atomic mass is 10.1. The van der Waals surface area contributed by atoms with Crippen molar-refractivity contribution >= 4 is 11.9 Å². The molecular weight excluding hydrogens is 322 g/mol. The zero-order valence-electron chi connectivity index (χ0n) is 14.7. The van der Waals surface area contributed by atoms with E-state index in [-0.39, 0.29) is 12.0 Å². The summed E-state index contributed by atoms with van der Waals surface area (Å²) in [7, 11) is 0. The Morgan fingerprint density at radius 3 is 2.72 bits per heavy atom. The third-order valence-electron chi connectivity index (χ3n) is 4.35. The minimum Gasteiger partial charge on any atom is -0.480 e. The smallest absolute Gasteiger partial charge is 0.326 e. The van der Waals surface area contributed by atoms with E-state index in [0.29, 0.717) is 31.8 Å². The Morgan fingerprint density at radius 1 is 1.32 bits per heavy atom. The fourth-order valence-corrected chi connectivity index (χ4v) is 2.82. The summed E-state index contributed by atoms with van der Waals surface area (Å²) in [5.41, 5.74) is 1.24. The van der Waals surface area contributed by atoms with Crippen LogP contribution >= 0.6 is 0 Å². The highest BCUT2D eigenvalue weighted by atomic mass is 16.5. The molecule has 0 bridgehead atoms. The molecule has 1 aliphatic rings. The molecule has 0 aromatic heterocycles. The number of hydrogen-bond donors (Lipinski definition) is 2. The van der Waals surface area contributed by atoms with Crippen LogP contribution in [0.3, 0.4) is 0 Å². The van der Waals surface area contributed by atoms with Gasteiger partial charge in [-0.05, 0) is 30.9 Å². The van der Waals surface area contributed by atoms with Gasteiger partial charge in [0, 0.05) is 18.8 Å². The quantitative estimate of drug-likeness (QED) is 0.716. The van der Waals surface area contributed by atoms with Gasteiger partial charge in [-0.25, -0.2) is 4.79 Å². The largest absolute Gasteiger partial charge is 0.480 e. The van der Waals surface area contributed by atoms with Gasteiger partial charge in [0.25, 0.3) is 5.91 Å². The lowest BCUT2D eigenvalue weighted by Crippen LogP contribution is -2.41. The average molecular weight is 349 g/mol. The van der Waals surface area contributed by atoms with E-state index in [2.05, 4.69) is 5.32 Å². The average Bonchev–Trinajstić information content (AvgIpc) is 2.64. The van der Waals surface area contributed by atoms with Crippen LogP contribution in [0.2, 0.25) is 0 Å². The van der Waals surface area contributed by atoms with Crippen molar-refractivity contribution in [1.29, 1.82) is 0 Å². The molecular formula is C19H27NO5. The number of aliphatic carboxylic acids is 1. The lowest BCUT2D eigenvalue weighted by Gasteiger charge is -2.23. The second-order valence-electron chi connectivity index (χ2n) is 6.29. The molecule has 1 amide bonds. The van der Waals surface area contributed by atoms with Crippen molar-refractivity contribution in [3.05, 3.63) is 35.4 Å². The molecule has 2 rings (SSSR count). The normalized spacial score (nSPS) is 16.4. The molecule has 6 nitrogen and oxygen atoms in total. The van der Waals surface area contributed by atoms with E-state index in [0.717, 1.165) is 31.2 Å². The first-order chi connectivity index (χ1) is 12.1. The van der Waals surface area contributed by atoms with Gasteiger partial charge in [-0.3, -0.25) is 4.79 Å². The Balaban J connectivity index is 1.99. The molecule has 0 saturated carbocycles. The molecule has 0 aliphatic carbocycles. The molecule has 138 valence electrons. The van der Waals surface area contributed by atoms with Crippen LogP contribution in [0.4, 0.5) is 0 Å². The maximum absolute atomic E-state index is 12.5.